The van der Waals surface area contributed by atoms with Crippen LogP contribution in [-0.2, 0) is 21.3 Å². The SMILES string of the molecule is O=C(Nc1c2c(nn1C1CCS(=O)(=O)C1)CSC2)c1ccccc1I. The lowest BCUT2D eigenvalue weighted by molar-refractivity contribution is 0.102. The molecule has 9 heteroatoms. The maximum absolute atomic E-state index is 12.7. The normalized spacial score (nSPS) is 21.2. The first-order valence-corrected chi connectivity index (χ1v) is 11.9. The second-order valence-corrected chi connectivity index (χ2v) is 10.6. The fourth-order valence-corrected chi connectivity index (χ4v) is 6.58. The van der Waals surface area contributed by atoms with Crippen LogP contribution in [0, 0.1) is 3.57 Å². The van der Waals surface area contributed by atoms with Gasteiger partial charge in [0.05, 0.1) is 28.8 Å². The summed E-state index contributed by atoms with van der Waals surface area (Å²) in [5, 5.41) is 7.62. The van der Waals surface area contributed by atoms with E-state index in [-0.39, 0.29) is 23.5 Å². The summed E-state index contributed by atoms with van der Waals surface area (Å²) < 4.78 is 26.3. The molecule has 1 saturated heterocycles. The number of nitrogens with zero attached hydrogens (tertiary/aromatic N) is 2. The molecule has 132 valence electrons. The number of aromatic nitrogens is 2. The summed E-state index contributed by atoms with van der Waals surface area (Å²) >= 11 is 3.89. The number of anilines is 1. The molecule has 4 rings (SSSR count). The summed E-state index contributed by atoms with van der Waals surface area (Å²) in [6.07, 6.45) is 0.543. The van der Waals surface area contributed by atoms with Gasteiger partial charge in [-0.1, -0.05) is 12.1 Å². The van der Waals surface area contributed by atoms with Gasteiger partial charge in [-0.2, -0.15) is 16.9 Å². The molecule has 0 spiro atoms. The number of benzene rings is 1. The first kappa shape index (κ1) is 17.3. The largest absolute Gasteiger partial charge is 0.306 e. The molecule has 2 aliphatic heterocycles. The Labute approximate surface area is 163 Å². The molecule has 1 unspecified atom stereocenters. The molecular weight excluding hydrogens is 473 g/mol. The molecular formula is C16H16IN3O3S2. The number of halogens is 1. The summed E-state index contributed by atoms with van der Waals surface area (Å²) in [5.74, 6) is 2.33. The summed E-state index contributed by atoms with van der Waals surface area (Å²) in [4.78, 5) is 12.7. The van der Waals surface area contributed by atoms with Crippen LogP contribution < -0.4 is 5.32 Å². The number of carbonyl (C=O) groups is 1. The van der Waals surface area contributed by atoms with Crippen LogP contribution in [0.3, 0.4) is 0 Å². The van der Waals surface area contributed by atoms with E-state index in [9.17, 15) is 13.2 Å². The van der Waals surface area contributed by atoms with Gasteiger partial charge in [0.25, 0.3) is 5.91 Å². The van der Waals surface area contributed by atoms with Gasteiger partial charge < -0.3 is 5.32 Å². The maximum Gasteiger partial charge on any atom is 0.257 e. The van der Waals surface area contributed by atoms with Crippen LogP contribution in [0.2, 0.25) is 0 Å². The molecule has 1 amide bonds. The van der Waals surface area contributed by atoms with Crippen LogP contribution >= 0.6 is 34.4 Å². The second-order valence-electron chi connectivity index (χ2n) is 6.20. The molecule has 3 heterocycles. The van der Waals surface area contributed by atoms with E-state index in [0.717, 1.165) is 26.3 Å². The van der Waals surface area contributed by atoms with Gasteiger partial charge in [-0.25, -0.2) is 13.1 Å². The molecule has 2 aliphatic rings. The monoisotopic (exact) mass is 489 g/mol. The number of rotatable bonds is 3. The van der Waals surface area contributed by atoms with E-state index >= 15 is 0 Å². The summed E-state index contributed by atoms with van der Waals surface area (Å²) in [5.41, 5.74) is 2.58. The topological polar surface area (TPSA) is 81.1 Å². The zero-order chi connectivity index (χ0) is 17.6. The number of thioether (sulfide) groups is 1. The standard InChI is InChI=1S/C16H16IN3O3S2/c17-13-4-2-1-3-11(13)16(21)18-15-12-7-24-8-14(12)19-20(15)10-5-6-25(22,23)9-10/h1-4,10H,5-9H2,(H,18,21). The van der Waals surface area contributed by atoms with Crippen LogP contribution in [0.4, 0.5) is 5.82 Å². The molecule has 25 heavy (non-hydrogen) atoms. The van der Waals surface area contributed by atoms with Crippen LogP contribution in [0.25, 0.3) is 0 Å². The smallest absolute Gasteiger partial charge is 0.257 e. The molecule has 0 aliphatic carbocycles. The Bertz CT molecular complexity index is 956. The van der Waals surface area contributed by atoms with Crippen molar-refractivity contribution in [2.24, 2.45) is 0 Å². The van der Waals surface area contributed by atoms with Crippen LogP contribution in [-0.4, -0.2) is 35.6 Å². The van der Waals surface area contributed by atoms with Crippen LogP contribution in [0.15, 0.2) is 24.3 Å². The summed E-state index contributed by atoms with van der Waals surface area (Å²) in [6, 6.07) is 7.19. The number of amides is 1. The van der Waals surface area contributed by atoms with Crippen molar-refractivity contribution >= 4 is 55.9 Å². The van der Waals surface area contributed by atoms with Gasteiger partial charge in [0.1, 0.15) is 5.82 Å². The number of fused-ring (bicyclic) bond motifs is 1. The Morgan fingerprint density at radius 1 is 1.32 bits per heavy atom. The van der Waals surface area contributed by atoms with Gasteiger partial charge in [-0.15, -0.1) is 0 Å². The molecule has 1 atom stereocenters. The number of hydrogen-bond acceptors (Lipinski definition) is 5. The van der Waals surface area contributed by atoms with Crippen molar-refractivity contribution in [2.75, 3.05) is 16.8 Å². The third kappa shape index (κ3) is 3.33. The van der Waals surface area contributed by atoms with E-state index in [1.807, 2.05) is 18.2 Å². The highest BCUT2D eigenvalue weighted by Crippen LogP contribution is 2.38. The average molecular weight is 489 g/mol. The van der Waals surface area contributed by atoms with Gasteiger partial charge in [-0.3, -0.25) is 4.79 Å². The van der Waals surface area contributed by atoms with Crippen molar-refractivity contribution < 1.29 is 13.2 Å². The molecule has 1 N–H and O–H groups in total. The Kier molecular flexibility index (Phi) is 4.57. The Balaban J connectivity index is 1.69. The highest BCUT2D eigenvalue weighted by atomic mass is 127. The van der Waals surface area contributed by atoms with Crippen molar-refractivity contribution in [3.05, 3.63) is 44.7 Å². The molecule has 1 fully saturated rings. The van der Waals surface area contributed by atoms with Gasteiger partial charge in [-0.05, 0) is 41.1 Å². The number of hydrogen-bond donors (Lipinski definition) is 1. The van der Waals surface area contributed by atoms with E-state index in [1.165, 1.54) is 0 Å². The summed E-state index contributed by atoms with van der Waals surface area (Å²) in [6.45, 7) is 0. The number of sulfone groups is 1. The van der Waals surface area contributed by atoms with Gasteiger partial charge >= 0.3 is 0 Å². The Morgan fingerprint density at radius 2 is 2.12 bits per heavy atom. The van der Waals surface area contributed by atoms with E-state index in [1.54, 1.807) is 22.5 Å². The molecule has 0 saturated carbocycles. The van der Waals surface area contributed by atoms with Crippen molar-refractivity contribution in [1.29, 1.82) is 0 Å². The van der Waals surface area contributed by atoms with E-state index < -0.39 is 9.84 Å². The van der Waals surface area contributed by atoms with Gasteiger partial charge in [0.15, 0.2) is 9.84 Å². The highest BCUT2D eigenvalue weighted by molar-refractivity contribution is 14.1. The quantitative estimate of drug-likeness (QED) is 0.671. The minimum absolute atomic E-state index is 0.0897. The molecule has 1 aromatic heterocycles. The number of nitrogens with one attached hydrogen (secondary N) is 1. The maximum atomic E-state index is 12.7. The predicted octanol–water partition coefficient (Wildman–Crippen LogP) is 2.85. The third-order valence-corrected chi connectivity index (χ3v) is 8.14. The fraction of sp³-hybridized carbons (Fsp3) is 0.375. The highest BCUT2D eigenvalue weighted by Gasteiger charge is 2.34. The number of carbonyl (C=O) groups excluding carboxylic acids is 1. The first-order valence-electron chi connectivity index (χ1n) is 7.89. The van der Waals surface area contributed by atoms with Crippen molar-refractivity contribution in [1.82, 2.24) is 9.78 Å². The van der Waals surface area contributed by atoms with Crippen molar-refractivity contribution in [2.45, 2.75) is 24.0 Å². The van der Waals surface area contributed by atoms with E-state index in [0.29, 0.717) is 17.8 Å². The molecule has 6 nitrogen and oxygen atoms in total. The lowest BCUT2D eigenvalue weighted by Crippen LogP contribution is -2.21. The van der Waals surface area contributed by atoms with Crippen LogP contribution in [0.5, 0.6) is 0 Å². The second kappa shape index (κ2) is 6.58. The molecule has 0 radical (unpaired) electrons. The first-order chi connectivity index (χ1) is 11.9. The Morgan fingerprint density at radius 3 is 2.84 bits per heavy atom. The summed E-state index contributed by atoms with van der Waals surface area (Å²) in [7, 11) is -3.02. The fourth-order valence-electron chi connectivity index (χ4n) is 3.22. The Hall–Kier alpha value is -1.07. The third-order valence-electron chi connectivity index (χ3n) is 4.48. The van der Waals surface area contributed by atoms with Crippen molar-refractivity contribution in [3.8, 4) is 0 Å². The van der Waals surface area contributed by atoms with Gasteiger partial charge in [0, 0.05) is 20.6 Å². The minimum atomic E-state index is -3.02. The molecule has 1 aromatic carbocycles. The zero-order valence-electron chi connectivity index (χ0n) is 13.2. The lowest BCUT2D eigenvalue weighted by atomic mass is 10.2. The zero-order valence-corrected chi connectivity index (χ0v) is 17.0. The van der Waals surface area contributed by atoms with Crippen molar-refractivity contribution in [3.63, 3.8) is 0 Å². The minimum Gasteiger partial charge on any atom is -0.306 e. The molecule has 2 aromatic rings. The molecule has 0 bridgehead atoms. The van der Waals surface area contributed by atoms with E-state index in [4.69, 9.17) is 0 Å². The lowest BCUT2D eigenvalue weighted by Gasteiger charge is -2.15. The predicted molar refractivity (Wildman–Crippen MR) is 107 cm³/mol. The van der Waals surface area contributed by atoms with Crippen LogP contribution in [0.1, 0.15) is 34.1 Å². The van der Waals surface area contributed by atoms with E-state index in [2.05, 4.69) is 33.0 Å². The van der Waals surface area contributed by atoms with Gasteiger partial charge in [0.2, 0.25) is 0 Å². The average Bonchev–Trinajstić information content (AvgIpc) is 3.23.